The summed E-state index contributed by atoms with van der Waals surface area (Å²) in [5.41, 5.74) is 1.39. The van der Waals surface area contributed by atoms with E-state index in [0.29, 0.717) is 6.54 Å². The first kappa shape index (κ1) is 11.6. The van der Waals surface area contributed by atoms with Gasteiger partial charge in [0.2, 0.25) is 0 Å². The third-order valence-electron chi connectivity index (χ3n) is 3.07. The molecular weight excluding hydrogens is 244 g/mol. The molecular formula is C14H11N2O3+. The average molecular weight is 255 g/mol. The Morgan fingerprint density at radius 1 is 1.00 bits per heavy atom. The number of hydrogen-bond donors (Lipinski definition) is 1. The van der Waals surface area contributed by atoms with E-state index in [1.54, 1.807) is 18.2 Å². The summed E-state index contributed by atoms with van der Waals surface area (Å²) in [5, 5.41) is 9.45. The highest BCUT2D eigenvalue weighted by molar-refractivity contribution is 6.20. The van der Waals surface area contributed by atoms with Gasteiger partial charge < -0.3 is 0 Å². The molecule has 0 aliphatic carbocycles. The van der Waals surface area contributed by atoms with Gasteiger partial charge in [-0.3, -0.25) is 14.8 Å². The molecule has 0 saturated carbocycles. The second kappa shape index (κ2) is 4.29. The minimum Gasteiger partial charge on any atom is -0.278 e. The van der Waals surface area contributed by atoms with Gasteiger partial charge in [-0.15, -0.1) is 5.06 Å². The molecule has 5 nitrogen and oxygen atoms in total. The number of hydrogen-bond acceptors (Lipinski definition) is 3. The van der Waals surface area contributed by atoms with E-state index in [1.165, 1.54) is 0 Å². The molecule has 1 aliphatic rings. The Hall–Kier alpha value is -2.53. The standard InChI is InChI=1S/C14H11N2O3/c17-13-11-5-4-10(8-12(11)14(18)16(13)19)9-15-6-2-1-3-7-15/h1-8,19H,9H2/q+1. The number of hydroxylamine groups is 2. The van der Waals surface area contributed by atoms with Gasteiger partial charge in [0.1, 0.15) is 0 Å². The fourth-order valence-electron chi connectivity index (χ4n) is 2.12. The van der Waals surface area contributed by atoms with Gasteiger partial charge in [0.05, 0.1) is 11.1 Å². The number of imide groups is 1. The van der Waals surface area contributed by atoms with Gasteiger partial charge in [-0.1, -0.05) is 12.1 Å². The molecule has 1 aliphatic heterocycles. The van der Waals surface area contributed by atoms with Crippen molar-refractivity contribution in [3.63, 3.8) is 0 Å². The van der Waals surface area contributed by atoms with Gasteiger partial charge in [0, 0.05) is 17.7 Å². The van der Waals surface area contributed by atoms with Crippen LogP contribution < -0.4 is 4.57 Å². The second-order valence-electron chi connectivity index (χ2n) is 4.35. The Balaban J connectivity index is 1.95. The topological polar surface area (TPSA) is 61.5 Å². The number of nitrogens with zero attached hydrogens (tertiary/aromatic N) is 2. The quantitative estimate of drug-likeness (QED) is 0.495. The van der Waals surface area contributed by atoms with Gasteiger partial charge in [-0.05, 0) is 12.1 Å². The minimum atomic E-state index is -0.668. The Bertz CT molecular complexity index is 668. The predicted molar refractivity (Wildman–Crippen MR) is 64.5 cm³/mol. The number of fused-ring (bicyclic) bond motifs is 1. The number of benzene rings is 1. The fraction of sp³-hybridized carbons (Fsp3) is 0.0714. The van der Waals surface area contributed by atoms with Gasteiger partial charge in [-0.25, -0.2) is 4.57 Å². The minimum absolute atomic E-state index is 0.157. The molecule has 1 aromatic heterocycles. The van der Waals surface area contributed by atoms with Crippen LogP contribution in [-0.2, 0) is 6.54 Å². The molecule has 19 heavy (non-hydrogen) atoms. The van der Waals surface area contributed by atoms with Gasteiger partial charge >= 0.3 is 0 Å². The van der Waals surface area contributed by atoms with Crippen LogP contribution in [0.5, 0.6) is 0 Å². The number of carbonyl (C=O) groups is 2. The average Bonchev–Trinajstić information content (AvgIpc) is 2.65. The van der Waals surface area contributed by atoms with Crippen LogP contribution in [-0.4, -0.2) is 22.1 Å². The Morgan fingerprint density at radius 2 is 1.68 bits per heavy atom. The molecule has 1 N–H and O–H groups in total. The van der Waals surface area contributed by atoms with E-state index in [-0.39, 0.29) is 16.2 Å². The van der Waals surface area contributed by atoms with Crippen molar-refractivity contribution in [3.8, 4) is 0 Å². The molecule has 3 rings (SSSR count). The van der Waals surface area contributed by atoms with Crippen molar-refractivity contribution in [2.75, 3.05) is 0 Å². The van der Waals surface area contributed by atoms with Gasteiger partial charge in [0.25, 0.3) is 11.8 Å². The molecule has 0 fully saturated rings. The normalized spacial score (nSPS) is 13.8. The fourth-order valence-corrected chi connectivity index (χ4v) is 2.12. The summed E-state index contributed by atoms with van der Waals surface area (Å²) in [6.45, 7) is 0.598. The maximum atomic E-state index is 11.7. The number of pyridine rings is 1. The SMILES string of the molecule is O=C1c2ccc(C[n+]3ccccc3)cc2C(=O)N1O. The van der Waals surface area contributed by atoms with Crippen molar-refractivity contribution < 1.29 is 19.4 Å². The molecule has 0 saturated heterocycles. The van der Waals surface area contributed by atoms with E-state index in [4.69, 9.17) is 0 Å². The Labute approximate surface area is 109 Å². The van der Waals surface area contributed by atoms with E-state index in [1.807, 2.05) is 35.2 Å². The van der Waals surface area contributed by atoms with Crippen LogP contribution in [0.3, 0.4) is 0 Å². The lowest BCUT2D eigenvalue weighted by Crippen LogP contribution is -2.32. The second-order valence-corrected chi connectivity index (χ2v) is 4.35. The van der Waals surface area contributed by atoms with Crippen molar-refractivity contribution in [3.05, 3.63) is 65.5 Å². The van der Waals surface area contributed by atoms with E-state index in [2.05, 4.69) is 0 Å². The van der Waals surface area contributed by atoms with Crippen LogP contribution in [0.4, 0.5) is 0 Å². The zero-order valence-electron chi connectivity index (χ0n) is 9.98. The van der Waals surface area contributed by atoms with Crippen LogP contribution in [0.15, 0.2) is 48.8 Å². The first-order valence-corrected chi connectivity index (χ1v) is 5.81. The summed E-state index contributed by atoms with van der Waals surface area (Å²) in [4.78, 5) is 23.2. The summed E-state index contributed by atoms with van der Waals surface area (Å²) in [6.07, 6.45) is 3.83. The first-order valence-electron chi connectivity index (χ1n) is 5.81. The van der Waals surface area contributed by atoms with Crippen molar-refractivity contribution in [1.29, 1.82) is 0 Å². The molecule has 0 radical (unpaired) electrons. The van der Waals surface area contributed by atoms with Crippen LogP contribution in [0.1, 0.15) is 26.3 Å². The molecule has 0 atom stereocenters. The smallest absolute Gasteiger partial charge is 0.278 e. The highest BCUT2D eigenvalue weighted by Gasteiger charge is 2.35. The lowest BCUT2D eigenvalue weighted by Gasteiger charge is -2.00. The third-order valence-corrected chi connectivity index (χ3v) is 3.07. The molecule has 94 valence electrons. The van der Waals surface area contributed by atoms with E-state index >= 15 is 0 Å². The highest BCUT2D eigenvalue weighted by atomic mass is 16.5. The Morgan fingerprint density at radius 3 is 2.42 bits per heavy atom. The summed E-state index contributed by atoms with van der Waals surface area (Å²) in [5.74, 6) is -1.33. The van der Waals surface area contributed by atoms with Crippen molar-refractivity contribution >= 4 is 11.8 Å². The lowest BCUT2D eigenvalue weighted by molar-refractivity contribution is -0.688. The zero-order chi connectivity index (χ0) is 13.4. The van der Waals surface area contributed by atoms with Crippen LogP contribution in [0, 0.1) is 0 Å². The number of rotatable bonds is 2. The summed E-state index contributed by atoms with van der Waals surface area (Å²) in [6, 6.07) is 10.7. The largest absolute Gasteiger partial charge is 0.285 e. The van der Waals surface area contributed by atoms with Crippen molar-refractivity contribution in [1.82, 2.24) is 5.06 Å². The van der Waals surface area contributed by atoms with Gasteiger partial charge in [-0.2, -0.15) is 0 Å². The first-order chi connectivity index (χ1) is 9.16. The third kappa shape index (κ3) is 1.90. The summed E-state index contributed by atoms with van der Waals surface area (Å²) >= 11 is 0. The summed E-state index contributed by atoms with van der Waals surface area (Å²) in [7, 11) is 0. The van der Waals surface area contributed by atoms with Crippen LogP contribution in [0.25, 0.3) is 0 Å². The molecule has 0 bridgehead atoms. The number of aromatic nitrogens is 1. The van der Waals surface area contributed by atoms with E-state index < -0.39 is 11.8 Å². The molecule has 2 amide bonds. The van der Waals surface area contributed by atoms with E-state index in [0.717, 1.165) is 5.56 Å². The molecule has 2 heterocycles. The predicted octanol–water partition coefficient (Wildman–Crippen LogP) is 1.01. The van der Waals surface area contributed by atoms with Gasteiger partial charge in [0.15, 0.2) is 18.9 Å². The maximum Gasteiger partial charge on any atom is 0.285 e. The molecule has 5 heteroatoms. The Kier molecular flexibility index (Phi) is 2.61. The van der Waals surface area contributed by atoms with Crippen LogP contribution in [0.2, 0.25) is 0 Å². The number of carbonyl (C=O) groups excluding carboxylic acids is 2. The monoisotopic (exact) mass is 255 g/mol. The molecule has 1 aromatic carbocycles. The molecule has 2 aromatic rings. The van der Waals surface area contributed by atoms with Crippen molar-refractivity contribution in [2.24, 2.45) is 0 Å². The summed E-state index contributed by atoms with van der Waals surface area (Å²) < 4.78 is 1.96. The van der Waals surface area contributed by atoms with Crippen molar-refractivity contribution in [2.45, 2.75) is 6.54 Å². The molecule has 0 spiro atoms. The molecule has 0 unspecified atom stereocenters. The van der Waals surface area contributed by atoms with E-state index in [9.17, 15) is 14.8 Å². The van der Waals surface area contributed by atoms with Crippen LogP contribution >= 0.6 is 0 Å². The highest BCUT2D eigenvalue weighted by Crippen LogP contribution is 2.22. The number of amides is 2. The maximum absolute atomic E-state index is 11.7. The zero-order valence-corrected chi connectivity index (χ0v) is 9.98. The lowest BCUT2D eigenvalue weighted by atomic mass is 10.1.